The lowest BCUT2D eigenvalue weighted by Crippen LogP contribution is -2.16. The normalized spacial score (nSPS) is 15.4. The number of esters is 1. The summed E-state index contributed by atoms with van der Waals surface area (Å²) in [4.78, 5) is 31.9. The summed E-state index contributed by atoms with van der Waals surface area (Å²) in [5.74, 6) is 0.423. The third-order valence-corrected chi connectivity index (χ3v) is 7.03. The van der Waals surface area contributed by atoms with Gasteiger partial charge in [-0.15, -0.1) is 11.3 Å². The number of benzene rings is 1. The van der Waals surface area contributed by atoms with Crippen LogP contribution in [0, 0.1) is 5.92 Å². The van der Waals surface area contributed by atoms with E-state index in [0.29, 0.717) is 39.0 Å². The minimum Gasteiger partial charge on any atom is -0.465 e. The summed E-state index contributed by atoms with van der Waals surface area (Å²) in [5, 5.41) is 4.27. The van der Waals surface area contributed by atoms with Crippen LogP contribution in [0.15, 0.2) is 53.1 Å². The van der Waals surface area contributed by atoms with E-state index in [0.717, 1.165) is 35.1 Å². The van der Waals surface area contributed by atoms with Crippen LogP contribution in [0.4, 0.5) is 5.00 Å². The Kier molecular flexibility index (Phi) is 5.27. The predicted molar refractivity (Wildman–Crippen MR) is 124 cm³/mol. The lowest BCUT2D eigenvalue weighted by atomic mass is 9.88. The van der Waals surface area contributed by atoms with Gasteiger partial charge in [-0.2, -0.15) is 0 Å². The van der Waals surface area contributed by atoms with Crippen LogP contribution in [0.3, 0.4) is 0 Å². The summed E-state index contributed by atoms with van der Waals surface area (Å²) >= 11 is 1.47. The van der Waals surface area contributed by atoms with E-state index in [4.69, 9.17) is 9.15 Å². The molecule has 162 valence electrons. The number of nitrogens with one attached hydrogen (secondary N) is 1. The number of carbonyl (C=O) groups excluding carboxylic acids is 2. The quantitative estimate of drug-likeness (QED) is 0.406. The first-order valence-corrected chi connectivity index (χ1v) is 11.3. The van der Waals surface area contributed by atoms with Crippen LogP contribution in [0.1, 0.15) is 44.5 Å². The molecule has 1 aromatic carbocycles. The molecule has 3 heterocycles. The molecule has 1 aliphatic rings. The van der Waals surface area contributed by atoms with Crippen molar-refractivity contribution >= 4 is 39.1 Å². The van der Waals surface area contributed by atoms with E-state index in [9.17, 15) is 9.59 Å². The fourth-order valence-electron chi connectivity index (χ4n) is 4.24. The molecule has 0 unspecified atom stereocenters. The molecule has 6 nitrogen and oxygen atoms in total. The highest BCUT2D eigenvalue weighted by Crippen LogP contribution is 2.40. The number of hydrogen-bond donors (Lipinski definition) is 1. The molecule has 0 saturated heterocycles. The lowest BCUT2D eigenvalue weighted by molar-refractivity contribution is 0.0601. The van der Waals surface area contributed by atoms with E-state index in [-0.39, 0.29) is 5.91 Å². The molecule has 0 aliphatic heterocycles. The molecule has 0 radical (unpaired) electrons. The van der Waals surface area contributed by atoms with Crippen molar-refractivity contribution in [1.29, 1.82) is 0 Å². The maximum absolute atomic E-state index is 13.5. The highest BCUT2D eigenvalue weighted by atomic mass is 32.1. The molecule has 32 heavy (non-hydrogen) atoms. The zero-order valence-electron chi connectivity index (χ0n) is 17.8. The van der Waals surface area contributed by atoms with Crippen LogP contribution < -0.4 is 5.32 Å². The molecule has 4 aromatic rings. The molecule has 0 spiro atoms. The summed E-state index contributed by atoms with van der Waals surface area (Å²) in [6.07, 6.45) is 4.31. The van der Waals surface area contributed by atoms with E-state index in [2.05, 4.69) is 17.2 Å². The third-order valence-electron chi connectivity index (χ3n) is 5.86. The van der Waals surface area contributed by atoms with Crippen molar-refractivity contribution < 1.29 is 18.7 Å². The maximum Gasteiger partial charge on any atom is 0.341 e. The largest absolute Gasteiger partial charge is 0.465 e. The molecule has 3 aromatic heterocycles. The molecular formula is C25H22N2O4S. The number of aromatic nitrogens is 1. The standard InChI is InChI=1S/C25H22N2O4S/c1-14-9-10-16-21(12-14)32-24(22(16)25(29)30-2)27-23(28)17-13-19(20-8-5-11-31-20)26-18-7-4-3-6-15(17)18/h3-8,11,13-14H,9-10,12H2,1-2H3,(H,27,28)/t14-/m1/s1. The Labute approximate surface area is 189 Å². The smallest absolute Gasteiger partial charge is 0.341 e. The summed E-state index contributed by atoms with van der Waals surface area (Å²) < 4.78 is 10.5. The number of carbonyl (C=O) groups is 2. The molecular weight excluding hydrogens is 424 g/mol. The van der Waals surface area contributed by atoms with Crippen molar-refractivity contribution in [2.75, 3.05) is 12.4 Å². The van der Waals surface area contributed by atoms with Crippen molar-refractivity contribution in [1.82, 2.24) is 4.98 Å². The number of fused-ring (bicyclic) bond motifs is 2. The number of amides is 1. The van der Waals surface area contributed by atoms with E-state index in [1.54, 1.807) is 18.4 Å². The van der Waals surface area contributed by atoms with E-state index < -0.39 is 5.97 Å². The van der Waals surface area contributed by atoms with Gasteiger partial charge >= 0.3 is 5.97 Å². The summed E-state index contributed by atoms with van der Waals surface area (Å²) in [5.41, 5.74) is 3.23. The number of ether oxygens (including phenoxy) is 1. The zero-order chi connectivity index (χ0) is 22.2. The summed E-state index contributed by atoms with van der Waals surface area (Å²) in [6.45, 7) is 2.21. The maximum atomic E-state index is 13.5. The van der Waals surface area contributed by atoms with Crippen molar-refractivity contribution in [2.24, 2.45) is 5.92 Å². The Hall–Kier alpha value is -3.45. The number of furan rings is 1. The minimum atomic E-state index is -0.414. The van der Waals surface area contributed by atoms with Gasteiger partial charge in [0.15, 0.2) is 5.76 Å². The molecule has 0 saturated carbocycles. The topological polar surface area (TPSA) is 81.4 Å². The average molecular weight is 447 g/mol. The number of para-hydroxylation sites is 1. The number of methoxy groups -OCH3 is 1. The molecule has 1 N–H and O–H groups in total. The third kappa shape index (κ3) is 3.58. The first-order chi connectivity index (χ1) is 15.5. The number of pyridine rings is 1. The van der Waals surface area contributed by atoms with Crippen LogP contribution in [-0.2, 0) is 17.6 Å². The number of rotatable bonds is 4. The molecule has 1 aliphatic carbocycles. The van der Waals surface area contributed by atoms with Crippen molar-refractivity contribution in [3.63, 3.8) is 0 Å². The van der Waals surface area contributed by atoms with Gasteiger partial charge in [0.1, 0.15) is 10.7 Å². The highest BCUT2D eigenvalue weighted by molar-refractivity contribution is 7.17. The van der Waals surface area contributed by atoms with Crippen LogP contribution in [0.2, 0.25) is 0 Å². The van der Waals surface area contributed by atoms with Crippen molar-refractivity contribution in [2.45, 2.75) is 26.2 Å². The predicted octanol–water partition coefficient (Wildman–Crippen LogP) is 5.72. The Bertz CT molecular complexity index is 1320. The molecule has 1 amide bonds. The fraction of sp³-hybridized carbons (Fsp3) is 0.240. The van der Waals surface area contributed by atoms with E-state index >= 15 is 0 Å². The number of hydrogen-bond acceptors (Lipinski definition) is 6. The van der Waals surface area contributed by atoms with Gasteiger partial charge in [0.25, 0.3) is 5.91 Å². The molecule has 1 atom stereocenters. The van der Waals surface area contributed by atoms with Crippen LogP contribution in [-0.4, -0.2) is 24.0 Å². The number of anilines is 1. The Balaban J connectivity index is 1.58. The van der Waals surface area contributed by atoms with Gasteiger partial charge in [0, 0.05) is 10.3 Å². The van der Waals surface area contributed by atoms with E-state index in [1.807, 2.05) is 30.3 Å². The number of thiophene rings is 1. The summed E-state index contributed by atoms with van der Waals surface area (Å²) in [6, 6.07) is 12.8. The van der Waals surface area contributed by atoms with E-state index in [1.165, 1.54) is 18.4 Å². The second kappa shape index (κ2) is 8.24. The van der Waals surface area contributed by atoms with Gasteiger partial charge in [0.2, 0.25) is 0 Å². The van der Waals surface area contributed by atoms with Gasteiger partial charge < -0.3 is 14.5 Å². The monoisotopic (exact) mass is 446 g/mol. The van der Waals surface area contributed by atoms with Gasteiger partial charge in [-0.05, 0) is 55.0 Å². The second-order valence-electron chi connectivity index (χ2n) is 8.05. The van der Waals surface area contributed by atoms with Crippen LogP contribution >= 0.6 is 11.3 Å². The van der Waals surface area contributed by atoms with Gasteiger partial charge in [-0.25, -0.2) is 9.78 Å². The minimum absolute atomic E-state index is 0.298. The first kappa shape index (κ1) is 20.5. The molecule has 0 fully saturated rings. The van der Waals surface area contributed by atoms with Gasteiger partial charge in [-0.1, -0.05) is 25.1 Å². The highest BCUT2D eigenvalue weighted by Gasteiger charge is 2.29. The van der Waals surface area contributed by atoms with Crippen molar-refractivity contribution in [3.05, 3.63) is 70.3 Å². The fourth-order valence-corrected chi connectivity index (χ4v) is 5.63. The molecule has 5 rings (SSSR count). The average Bonchev–Trinajstić information content (AvgIpc) is 3.45. The zero-order valence-corrected chi connectivity index (χ0v) is 18.6. The first-order valence-electron chi connectivity index (χ1n) is 10.5. The summed E-state index contributed by atoms with van der Waals surface area (Å²) in [7, 11) is 1.37. The van der Waals surface area contributed by atoms with Crippen LogP contribution in [0.5, 0.6) is 0 Å². The lowest BCUT2D eigenvalue weighted by Gasteiger charge is -2.18. The van der Waals surface area contributed by atoms with Gasteiger partial charge in [0.05, 0.1) is 30.0 Å². The molecule has 0 bridgehead atoms. The Morgan fingerprint density at radius 3 is 2.84 bits per heavy atom. The Morgan fingerprint density at radius 2 is 2.06 bits per heavy atom. The SMILES string of the molecule is COC(=O)c1c(NC(=O)c2cc(-c3ccco3)nc3ccccc23)sc2c1CC[C@@H](C)C2. The van der Waals surface area contributed by atoms with Crippen molar-refractivity contribution in [3.8, 4) is 11.5 Å². The van der Waals surface area contributed by atoms with Gasteiger partial charge in [-0.3, -0.25) is 4.79 Å². The Morgan fingerprint density at radius 1 is 1.22 bits per heavy atom. The number of nitrogens with zero attached hydrogens (tertiary/aromatic N) is 1. The second-order valence-corrected chi connectivity index (χ2v) is 9.16. The van der Waals surface area contributed by atoms with Crippen LogP contribution in [0.25, 0.3) is 22.4 Å². The molecule has 7 heteroatoms.